The van der Waals surface area contributed by atoms with Crippen molar-refractivity contribution in [3.8, 4) is 0 Å². The number of ether oxygens (including phenoxy) is 1. The van der Waals surface area contributed by atoms with Crippen molar-refractivity contribution in [2.45, 2.75) is 45.6 Å². The molecule has 1 aliphatic rings. The van der Waals surface area contributed by atoms with Gasteiger partial charge in [-0.2, -0.15) is 0 Å². The van der Waals surface area contributed by atoms with Crippen molar-refractivity contribution < 1.29 is 9.53 Å². The van der Waals surface area contributed by atoms with E-state index in [1.165, 1.54) is 18.4 Å². The van der Waals surface area contributed by atoms with E-state index in [4.69, 9.17) is 4.74 Å². The Bertz CT molecular complexity index is 458. The minimum Gasteiger partial charge on any atom is -0.377 e. The molecule has 4 nitrogen and oxygen atoms in total. The third-order valence-corrected chi connectivity index (χ3v) is 4.85. The van der Waals surface area contributed by atoms with Gasteiger partial charge in [0.1, 0.15) is 0 Å². The Morgan fingerprint density at radius 1 is 1.25 bits per heavy atom. The quantitative estimate of drug-likeness (QED) is 0.647. The molecule has 1 aromatic carbocycles. The second-order valence-electron chi connectivity index (χ2n) is 6.86. The Hall–Kier alpha value is -1.39. The lowest BCUT2D eigenvalue weighted by Gasteiger charge is -2.27. The van der Waals surface area contributed by atoms with Crippen molar-refractivity contribution >= 4 is 5.91 Å². The van der Waals surface area contributed by atoms with Gasteiger partial charge in [-0.3, -0.25) is 4.79 Å². The standard InChI is InChI=1S/C20H32N2O2/c1-17(19-9-12-21-13-10-19)15-20(23)22-11-5-6-14-24-16-18-7-3-2-4-8-18/h2-4,7-8,17,19,21H,5-6,9-16H2,1H3,(H,22,23). The van der Waals surface area contributed by atoms with Crippen molar-refractivity contribution in [2.24, 2.45) is 11.8 Å². The first-order valence-corrected chi connectivity index (χ1v) is 9.35. The van der Waals surface area contributed by atoms with Crippen LogP contribution in [-0.2, 0) is 16.1 Å². The van der Waals surface area contributed by atoms with Crippen molar-refractivity contribution in [2.75, 3.05) is 26.2 Å². The smallest absolute Gasteiger partial charge is 0.220 e. The van der Waals surface area contributed by atoms with Crippen molar-refractivity contribution in [1.29, 1.82) is 0 Å². The summed E-state index contributed by atoms with van der Waals surface area (Å²) in [5.74, 6) is 1.39. The van der Waals surface area contributed by atoms with Crippen LogP contribution in [0.25, 0.3) is 0 Å². The van der Waals surface area contributed by atoms with E-state index >= 15 is 0 Å². The van der Waals surface area contributed by atoms with Crippen LogP contribution in [0.3, 0.4) is 0 Å². The molecule has 0 aliphatic carbocycles. The monoisotopic (exact) mass is 332 g/mol. The third-order valence-electron chi connectivity index (χ3n) is 4.85. The summed E-state index contributed by atoms with van der Waals surface area (Å²) in [7, 11) is 0. The summed E-state index contributed by atoms with van der Waals surface area (Å²) in [6.45, 7) is 6.58. The van der Waals surface area contributed by atoms with E-state index in [1.807, 2.05) is 18.2 Å². The van der Waals surface area contributed by atoms with Crippen LogP contribution < -0.4 is 10.6 Å². The summed E-state index contributed by atoms with van der Waals surface area (Å²) in [4.78, 5) is 12.0. The molecule has 1 aliphatic heterocycles. The number of carbonyl (C=O) groups excluding carboxylic acids is 1. The zero-order valence-electron chi connectivity index (χ0n) is 14.9. The molecule has 1 atom stereocenters. The molecule has 0 saturated carbocycles. The van der Waals surface area contributed by atoms with Crippen LogP contribution in [0.15, 0.2) is 30.3 Å². The molecular weight excluding hydrogens is 300 g/mol. The van der Waals surface area contributed by atoms with Gasteiger partial charge >= 0.3 is 0 Å². The van der Waals surface area contributed by atoms with Crippen molar-refractivity contribution in [3.63, 3.8) is 0 Å². The average Bonchev–Trinajstić information content (AvgIpc) is 2.62. The van der Waals surface area contributed by atoms with Crippen molar-refractivity contribution in [1.82, 2.24) is 10.6 Å². The van der Waals surface area contributed by atoms with Crippen LogP contribution in [0.5, 0.6) is 0 Å². The molecule has 0 aromatic heterocycles. The molecule has 0 spiro atoms. The van der Waals surface area contributed by atoms with E-state index in [1.54, 1.807) is 0 Å². The largest absolute Gasteiger partial charge is 0.377 e. The second kappa shape index (κ2) is 11.2. The molecule has 2 rings (SSSR count). The Labute approximate surface area is 146 Å². The molecule has 0 bridgehead atoms. The number of benzene rings is 1. The summed E-state index contributed by atoms with van der Waals surface area (Å²) in [6.07, 6.45) is 5.02. The summed E-state index contributed by atoms with van der Waals surface area (Å²) >= 11 is 0. The molecule has 1 fully saturated rings. The van der Waals surface area contributed by atoms with Gasteiger partial charge in [0.05, 0.1) is 6.61 Å². The van der Waals surface area contributed by atoms with Gasteiger partial charge in [-0.25, -0.2) is 0 Å². The van der Waals surface area contributed by atoms with Gasteiger partial charge in [-0.15, -0.1) is 0 Å². The lowest BCUT2D eigenvalue weighted by atomic mass is 9.84. The fourth-order valence-corrected chi connectivity index (χ4v) is 3.27. The maximum atomic E-state index is 12.0. The van der Waals surface area contributed by atoms with Gasteiger partial charge in [0.25, 0.3) is 0 Å². The summed E-state index contributed by atoms with van der Waals surface area (Å²) < 4.78 is 5.65. The summed E-state index contributed by atoms with van der Waals surface area (Å²) in [5.41, 5.74) is 1.21. The lowest BCUT2D eigenvalue weighted by molar-refractivity contribution is -0.122. The number of hydrogen-bond acceptors (Lipinski definition) is 3. The van der Waals surface area contributed by atoms with E-state index in [0.29, 0.717) is 24.9 Å². The van der Waals surface area contributed by atoms with Gasteiger partial charge < -0.3 is 15.4 Å². The zero-order chi connectivity index (χ0) is 17.0. The Morgan fingerprint density at radius 2 is 2.00 bits per heavy atom. The van der Waals surface area contributed by atoms with Crippen LogP contribution in [0, 0.1) is 11.8 Å². The van der Waals surface area contributed by atoms with E-state index in [-0.39, 0.29) is 5.91 Å². The highest BCUT2D eigenvalue weighted by molar-refractivity contribution is 5.76. The molecule has 2 N–H and O–H groups in total. The second-order valence-corrected chi connectivity index (χ2v) is 6.86. The SMILES string of the molecule is CC(CC(=O)NCCCCOCc1ccccc1)C1CCNCC1. The van der Waals surface area contributed by atoms with Crippen LogP contribution in [0.4, 0.5) is 0 Å². The van der Waals surface area contributed by atoms with Gasteiger partial charge in [0.15, 0.2) is 0 Å². The molecule has 1 unspecified atom stereocenters. The van der Waals surface area contributed by atoms with E-state index < -0.39 is 0 Å². The fraction of sp³-hybridized carbons (Fsp3) is 0.650. The number of hydrogen-bond donors (Lipinski definition) is 2. The van der Waals surface area contributed by atoms with Gasteiger partial charge in [-0.05, 0) is 56.2 Å². The van der Waals surface area contributed by atoms with Crippen LogP contribution in [0.1, 0.15) is 44.6 Å². The maximum Gasteiger partial charge on any atom is 0.220 e. The highest BCUT2D eigenvalue weighted by Crippen LogP contribution is 2.24. The van der Waals surface area contributed by atoms with Gasteiger partial charge in [-0.1, -0.05) is 37.3 Å². The van der Waals surface area contributed by atoms with Crippen LogP contribution in [-0.4, -0.2) is 32.1 Å². The number of rotatable bonds is 10. The molecule has 134 valence electrons. The normalized spacial score (nSPS) is 16.7. The number of unbranched alkanes of at least 4 members (excludes halogenated alkanes) is 1. The fourth-order valence-electron chi connectivity index (χ4n) is 3.27. The summed E-state index contributed by atoms with van der Waals surface area (Å²) in [5, 5.41) is 6.43. The molecule has 4 heteroatoms. The topological polar surface area (TPSA) is 50.4 Å². The van der Waals surface area contributed by atoms with Crippen LogP contribution >= 0.6 is 0 Å². The molecule has 1 amide bonds. The lowest BCUT2D eigenvalue weighted by Crippen LogP contribution is -2.33. The van der Waals surface area contributed by atoms with Gasteiger partial charge in [0, 0.05) is 19.6 Å². The molecule has 1 aromatic rings. The highest BCUT2D eigenvalue weighted by atomic mass is 16.5. The predicted octanol–water partition coefficient (Wildman–Crippen LogP) is 3.13. The minimum atomic E-state index is 0.200. The molecular formula is C20H32N2O2. The highest BCUT2D eigenvalue weighted by Gasteiger charge is 2.21. The number of nitrogens with one attached hydrogen (secondary N) is 2. The first-order valence-electron chi connectivity index (χ1n) is 9.35. The Kier molecular flexibility index (Phi) is 8.85. The molecule has 24 heavy (non-hydrogen) atoms. The number of piperidine rings is 1. The first kappa shape index (κ1) is 18.9. The third kappa shape index (κ3) is 7.45. The number of amides is 1. The molecule has 0 radical (unpaired) electrons. The Morgan fingerprint density at radius 3 is 2.75 bits per heavy atom. The number of carbonyl (C=O) groups is 1. The predicted molar refractivity (Wildman–Crippen MR) is 97.7 cm³/mol. The van der Waals surface area contributed by atoms with Gasteiger partial charge in [0.2, 0.25) is 5.91 Å². The van der Waals surface area contributed by atoms with E-state index in [2.05, 4.69) is 29.7 Å². The van der Waals surface area contributed by atoms with Crippen molar-refractivity contribution in [3.05, 3.63) is 35.9 Å². The first-order chi connectivity index (χ1) is 11.8. The molecule has 1 saturated heterocycles. The molecule has 1 heterocycles. The van der Waals surface area contributed by atoms with E-state index in [9.17, 15) is 4.79 Å². The van der Waals surface area contributed by atoms with E-state index in [0.717, 1.165) is 39.1 Å². The van der Waals surface area contributed by atoms with Crippen LogP contribution in [0.2, 0.25) is 0 Å². The maximum absolute atomic E-state index is 12.0. The zero-order valence-corrected chi connectivity index (χ0v) is 14.9. The Balaban J connectivity index is 1.45. The summed E-state index contributed by atoms with van der Waals surface area (Å²) in [6, 6.07) is 10.2. The average molecular weight is 332 g/mol. The minimum absolute atomic E-state index is 0.200.